The average Bonchev–Trinajstić information content (AvgIpc) is 2.39. The molecular weight excluding hydrogens is 280 g/mol. The van der Waals surface area contributed by atoms with Crippen LogP contribution in [0, 0.1) is 16.7 Å². The van der Waals surface area contributed by atoms with Gasteiger partial charge in [-0.05, 0) is 18.2 Å². The van der Waals surface area contributed by atoms with Gasteiger partial charge in [0, 0.05) is 19.1 Å². The third-order valence-electron chi connectivity index (χ3n) is 2.27. The molecule has 20 heavy (non-hydrogen) atoms. The van der Waals surface area contributed by atoms with Crippen molar-refractivity contribution in [1.82, 2.24) is 4.90 Å². The van der Waals surface area contributed by atoms with Crippen molar-refractivity contribution in [3.8, 4) is 6.07 Å². The Balaban J connectivity index is 3.17. The molecule has 0 aliphatic carbocycles. The second-order valence-electron chi connectivity index (χ2n) is 3.99. The van der Waals surface area contributed by atoms with Gasteiger partial charge in [0.2, 0.25) is 5.71 Å². The molecular formula is C12H13ClN6O. The van der Waals surface area contributed by atoms with Crippen LogP contribution in [0.4, 0.5) is 5.69 Å². The van der Waals surface area contributed by atoms with E-state index >= 15 is 0 Å². The molecule has 0 unspecified atom stereocenters. The number of halogens is 1. The van der Waals surface area contributed by atoms with Crippen LogP contribution in [0.1, 0.15) is 10.4 Å². The van der Waals surface area contributed by atoms with Crippen LogP contribution in [0.3, 0.4) is 0 Å². The number of carbonyl (C=O) groups excluding carboxylic acids is 1. The maximum Gasteiger partial charge on any atom is 0.255 e. The van der Waals surface area contributed by atoms with Crippen LogP contribution in [0.2, 0.25) is 5.02 Å². The quantitative estimate of drug-likeness (QED) is 0.440. The van der Waals surface area contributed by atoms with Crippen LogP contribution in [0.25, 0.3) is 0 Å². The van der Waals surface area contributed by atoms with Crippen LogP contribution < -0.4 is 11.2 Å². The number of rotatable bonds is 4. The highest BCUT2D eigenvalue weighted by Crippen LogP contribution is 2.21. The number of benzene rings is 1. The third kappa shape index (κ3) is 3.70. The van der Waals surface area contributed by atoms with Gasteiger partial charge in [0.1, 0.15) is 6.07 Å². The predicted molar refractivity (Wildman–Crippen MR) is 78.1 cm³/mol. The second kappa shape index (κ2) is 6.54. The summed E-state index contributed by atoms with van der Waals surface area (Å²) in [6, 6.07) is 6.29. The Kier molecular flexibility index (Phi) is 5.06. The number of amides is 1. The van der Waals surface area contributed by atoms with Gasteiger partial charge in [0.25, 0.3) is 5.91 Å². The predicted octanol–water partition coefficient (Wildman–Crippen LogP) is 1.27. The molecule has 0 heterocycles. The number of anilines is 1. The first-order chi connectivity index (χ1) is 9.36. The number of nitrogens with two attached hydrogens (primary N) is 1. The third-order valence-corrected chi connectivity index (χ3v) is 2.50. The summed E-state index contributed by atoms with van der Waals surface area (Å²) in [5, 5.41) is 20.0. The van der Waals surface area contributed by atoms with Crippen molar-refractivity contribution in [2.24, 2.45) is 10.8 Å². The number of hydrogen-bond acceptors (Lipinski definition) is 5. The summed E-state index contributed by atoms with van der Waals surface area (Å²) < 4.78 is 0. The SMILES string of the molecule is CN(C)C(=O)c1cc(Cl)ccc1N/N=C(\C#N)C(=N)N. The summed E-state index contributed by atoms with van der Waals surface area (Å²) in [7, 11) is 3.21. The largest absolute Gasteiger partial charge is 0.382 e. The van der Waals surface area contributed by atoms with Crippen molar-refractivity contribution in [3.05, 3.63) is 28.8 Å². The Morgan fingerprint density at radius 2 is 2.20 bits per heavy atom. The summed E-state index contributed by atoms with van der Waals surface area (Å²) in [4.78, 5) is 13.4. The molecule has 1 rings (SSSR count). The highest BCUT2D eigenvalue weighted by atomic mass is 35.5. The van der Waals surface area contributed by atoms with E-state index in [4.69, 9.17) is 28.0 Å². The van der Waals surface area contributed by atoms with E-state index in [1.54, 1.807) is 32.3 Å². The number of hydrazone groups is 1. The van der Waals surface area contributed by atoms with Gasteiger partial charge in [-0.15, -0.1) is 0 Å². The van der Waals surface area contributed by atoms with Gasteiger partial charge >= 0.3 is 0 Å². The fraction of sp³-hybridized carbons (Fsp3) is 0.167. The molecule has 0 fully saturated rings. The number of nitrogens with one attached hydrogen (secondary N) is 2. The summed E-state index contributed by atoms with van der Waals surface area (Å²) in [5.41, 5.74) is 8.11. The number of nitriles is 1. The van der Waals surface area contributed by atoms with E-state index in [1.165, 1.54) is 11.0 Å². The molecule has 0 aromatic heterocycles. The van der Waals surface area contributed by atoms with Crippen LogP contribution >= 0.6 is 11.6 Å². The molecule has 0 radical (unpaired) electrons. The lowest BCUT2D eigenvalue weighted by molar-refractivity contribution is 0.0828. The first-order valence-corrected chi connectivity index (χ1v) is 5.84. The first kappa shape index (κ1) is 15.5. The number of carbonyl (C=O) groups is 1. The maximum atomic E-state index is 12.0. The van der Waals surface area contributed by atoms with Gasteiger partial charge in [0.15, 0.2) is 5.84 Å². The van der Waals surface area contributed by atoms with Crippen LogP contribution in [0.5, 0.6) is 0 Å². The van der Waals surface area contributed by atoms with Gasteiger partial charge in [0.05, 0.1) is 11.3 Å². The minimum Gasteiger partial charge on any atom is -0.382 e. The van der Waals surface area contributed by atoms with Gasteiger partial charge in [-0.25, -0.2) is 0 Å². The number of nitrogens with zero attached hydrogens (tertiary/aromatic N) is 3. The fourth-order valence-corrected chi connectivity index (χ4v) is 1.47. The Labute approximate surface area is 121 Å². The van der Waals surface area contributed by atoms with Gasteiger partial charge in [-0.2, -0.15) is 10.4 Å². The molecule has 0 spiro atoms. The summed E-state index contributed by atoms with van der Waals surface area (Å²) in [6.07, 6.45) is 0. The van der Waals surface area contributed by atoms with E-state index in [2.05, 4.69) is 10.5 Å². The van der Waals surface area contributed by atoms with Crippen molar-refractivity contribution in [3.63, 3.8) is 0 Å². The van der Waals surface area contributed by atoms with E-state index in [0.717, 1.165) is 0 Å². The molecule has 0 saturated carbocycles. The summed E-state index contributed by atoms with van der Waals surface area (Å²) >= 11 is 5.87. The van der Waals surface area contributed by atoms with E-state index < -0.39 is 5.84 Å². The van der Waals surface area contributed by atoms with Crippen LogP contribution in [0.15, 0.2) is 23.3 Å². The monoisotopic (exact) mass is 292 g/mol. The Hall–Kier alpha value is -2.59. The molecule has 1 aromatic carbocycles. The van der Waals surface area contributed by atoms with Crippen molar-refractivity contribution < 1.29 is 4.79 Å². The Bertz CT molecular complexity index is 617. The van der Waals surface area contributed by atoms with Crippen LogP contribution in [-0.4, -0.2) is 36.4 Å². The zero-order chi connectivity index (χ0) is 15.3. The Morgan fingerprint density at radius 3 is 2.70 bits per heavy atom. The molecule has 7 nitrogen and oxygen atoms in total. The normalized spacial score (nSPS) is 10.6. The lowest BCUT2D eigenvalue weighted by Crippen LogP contribution is -2.24. The standard InChI is InChI=1S/C12H13ClN6O/c1-19(2)12(20)8-5-7(13)3-4-9(8)17-18-10(6-14)11(15)16/h3-5,17H,1-2H3,(H3,15,16)/b18-10+. The van der Waals surface area contributed by atoms with E-state index in [-0.39, 0.29) is 11.6 Å². The fourth-order valence-electron chi connectivity index (χ4n) is 1.29. The van der Waals surface area contributed by atoms with Gasteiger partial charge < -0.3 is 10.6 Å². The molecule has 0 aliphatic rings. The first-order valence-electron chi connectivity index (χ1n) is 5.46. The van der Waals surface area contributed by atoms with Crippen molar-refractivity contribution in [2.45, 2.75) is 0 Å². The molecule has 0 atom stereocenters. The minimum absolute atomic E-state index is 0.272. The lowest BCUT2D eigenvalue weighted by atomic mass is 10.1. The lowest BCUT2D eigenvalue weighted by Gasteiger charge is -2.14. The topological polar surface area (TPSA) is 118 Å². The molecule has 0 saturated heterocycles. The number of amidine groups is 1. The molecule has 1 aromatic rings. The van der Waals surface area contributed by atoms with Crippen molar-refractivity contribution in [1.29, 1.82) is 10.7 Å². The summed E-state index contributed by atoms with van der Waals surface area (Å²) in [5.74, 6) is -0.735. The van der Waals surface area contributed by atoms with E-state index in [1.807, 2.05) is 0 Å². The van der Waals surface area contributed by atoms with Crippen molar-refractivity contribution in [2.75, 3.05) is 19.5 Å². The van der Waals surface area contributed by atoms with Crippen molar-refractivity contribution >= 4 is 34.7 Å². The second-order valence-corrected chi connectivity index (χ2v) is 4.42. The molecule has 8 heteroatoms. The van der Waals surface area contributed by atoms with Gasteiger partial charge in [-0.3, -0.25) is 15.6 Å². The molecule has 0 aliphatic heterocycles. The van der Waals surface area contributed by atoms with Crippen LogP contribution in [-0.2, 0) is 0 Å². The maximum absolute atomic E-state index is 12.0. The summed E-state index contributed by atoms with van der Waals surface area (Å²) in [6.45, 7) is 0. The zero-order valence-electron chi connectivity index (χ0n) is 10.9. The van der Waals surface area contributed by atoms with E-state index in [9.17, 15) is 4.79 Å². The molecule has 4 N–H and O–H groups in total. The van der Waals surface area contributed by atoms with E-state index in [0.29, 0.717) is 16.3 Å². The minimum atomic E-state index is -0.463. The molecule has 0 bridgehead atoms. The molecule has 1 amide bonds. The highest BCUT2D eigenvalue weighted by molar-refractivity contribution is 6.45. The average molecular weight is 293 g/mol. The smallest absolute Gasteiger partial charge is 0.255 e. The Morgan fingerprint density at radius 1 is 1.55 bits per heavy atom. The van der Waals surface area contributed by atoms with Gasteiger partial charge in [-0.1, -0.05) is 11.6 Å². The zero-order valence-corrected chi connectivity index (χ0v) is 11.7. The molecule has 104 valence electrons. The highest BCUT2D eigenvalue weighted by Gasteiger charge is 2.14. The number of hydrogen-bond donors (Lipinski definition) is 3.